The summed E-state index contributed by atoms with van der Waals surface area (Å²) in [5.41, 5.74) is 6.35. The number of aliphatic imine (C=N–C) groups is 1. The SMILES string of the molecule is CC(C)(C)N=C(N)c1ccncc1Cl. The molecule has 0 unspecified atom stereocenters. The molecule has 2 N–H and O–H groups in total. The fraction of sp³-hybridized carbons (Fsp3) is 0.400. The van der Waals surface area contributed by atoms with E-state index in [9.17, 15) is 0 Å². The summed E-state index contributed by atoms with van der Waals surface area (Å²) in [6, 6.07) is 1.76. The maximum absolute atomic E-state index is 5.92. The van der Waals surface area contributed by atoms with Gasteiger partial charge < -0.3 is 5.73 Å². The third kappa shape index (κ3) is 3.00. The van der Waals surface area contributed by atoms with Crippen molar-refractivity contribution < 1.29 is 0 Å². The number of aromatic nitrogens is 1. The van der Waals surface area contributed by atoms with Crippen LogP contribution in [0.25, 0.3) is 0 Å². The molecule has 0 aromatic carbocycles. The summed E-state index contributed by atoms with van der Waals surface area (Å²) in [7, 11) is 0. The normalized spacial score (nSPS) is 13.0. The molecule has 1 aromatic rings. The Kier molecular flexibility index (Phi) is 3.11. The summed E-state index contributed by atoms with van der Waals surface area (Å²) >= 11 is 5.92. The molecular weight excluding hydrogens is 198 g/mol. The van der Waals surface area contributed by atoms with Gasteiger partial charge in [-0.2, -0.15) is 0 Å². The van der Waals surface area contributed by atoms with E-state index in [1.54, 1.807) is 18.5 Å². The maximum Gasteiger partial charge on any atom is 0.127 e. The first-order valence-corrected chi connectivity index (χ1v) is 4.73. The van der Waals surface area contributed by atoms with Gasteiger partial charge in [-0.3, -0.25) is 9.98 Å². The predicted octanol–water partition coefficient (Wildman–Crippen LogP) is 2.24. The van der Waals surface area contributed by atoms with E-state index in [-0.39, 0.29) is 5.54 Å². The van der Waals surface area contributed by atoms with E-state index in [2.05, 4.69) is 9.98 Å². The van der Waals surface area contributed by atoms with Crippen molar-refractivity contribution in [1.82, 2.24) is 4.98 Å². The molecule has 0 amide bonds. The molecule has 0 saturated carbocycles. The van der Waals surface area contributed by atoms with Crippen molar-refractivity contribution in [3.63, 3.8) is 0 Å². The van der Waals surface area contributed by atoms with E-state index in [0.717, 1.165) is 5.56 Å². The molecule has 0 saturated heterocycles. The summed E-state index contributed by atoms with van der Waals surface area (Å²) in [5, 5.41) is 0.526. The summed E-state index contributed by atoms with van der Waals surface area (Å²) in [4.78, 5) is 8.20. The van der Waals surface area contributed by atoms with Crippen molar-refractivity contribution in [2.24, 2.45) is 10.7 Å². The summed E-state index contributed by atoms with van der Waals surface area (Å²) in [5.74, 6) is 0.449. The fourth-order valence-electron chi connectivity index (χ4n) is 1.00. The molecule has 1 rings (SSSR count). The highest BCUT2D eigenvalue weighted by atomic mass is 35.5. The van der Waals surface area contributed by atoms with Gasteiger partial charge in [0.25, 0.3) is 0 Å². The Morgan fingerprint density at radius 1 is 1.50 bits per heavy atom. The Morgan fingerprint density at radius 2 is 2.14 bits per heavy atom. The highest BCUT2D eigenvalue weighted by Gasteiger charge is 2.10. The van der Waals surface area contributed by atoms with E-state index < -0.39 is 0 Å². The lowest BCUT2D eigenvalue weighted by atomic mass is 10.1. The number of hydrogen-bond donors (Lipinski definition) is 1. The second-order valence-corrected chi connectivity index (χ2v) is 4.43. The van der Waals surface area contributed by atoms with Crippen LogP contribution in [0.5, 0.6) is 0 Å². The third-order valence-electron chi connectivity index (χ3n) is 1.50. The molecular formula is C10H14ClN3. The summed E-state index contributed by atoms with van der Waals surface area (Å²) in [6.45, 7) is 5.94. The molecule has 4 heteroatoms. The predicted molar refractivity (Wildman–Crippen MR) is 59.7 cm³/mol. The maximum atomic E-state index is 5.92. The molecule has 14 heavy (non-hydrogen) atoms. The van der Waals surface area contributed by atoms with E-state index in [1.807, 2.05) is 20.8 Å². The van der Waals surface area contributed by atoms with Crippen LogP contribution in [0, 0.1) is 0 Å². The minimum absolute atomic E-state index is 0.198. The number of rotatable bonds is 1. The van der Waals surface area contributed by atoms with Crippen LogP contribution < -0.4 is 5.73 Å². The summed E-state index contributed by atoms with van der Waals surface area (Å²) < 4.78 is 0. The van der Waals surface area contributed by atoms with Crippen LogP contribution in [-0.2, 0) is 0 Å². The van der Waals surface area contributed by atoms with Gasteiger partial charge in [0, 0.05) is 18.0 Å². The molecule has 0 spiro atoms. The Morgan fingerprint density at radius 3 is 2.64 bits per heavy atom. The quantitative estimate of drug-likeness (QED) is 0.572. The number of hydrogen-bond acceptors (Lipinski definition) is 2. The zero-order valence-corrected chi connectivity index (χ0v) is 9.34. The Bertz CT molecular complexity index is 353. The monoisotopic (exact) mass is 211 g/mol. The zero-order chi connectivity index (χ0) is 10.8. The molecule has 0 atom stereocenters. The second-order valence-electron chi connectivity index (χ2n) is 4.02. The molecule has 3 nitrogen and oxygen atoms in total. The lowest BCUT2D eigenvalue weighted by Crippen LogP contribution is -2.21. The fourth-order valence-corrected chi connectivity index (χ4v) is 1.22. The first-order chi connectivity index (χ1) is 6.40. The Labute approximate surface area is 89.0 Å². The van der Waals surface area contributed by atoms with E-state index >= 15 is 0 Å². The van der Waals surface area contributed by atoms with E-state index in [0.29, 0.717) is 10.9 Å². The molecule has 1 heterocycles. The average Bonchev–Trinajstić information content (AvgIpc) is 2.01. The van der Waals surface area contributed by atoms with Crippen molar-refractivity contribution in [2.45, 2.75) is 26.3 Å². The van der Waals surface area contributed by atoms with Crippen LogP contribution in [0.3, 0.4) is 0 Å². The lowest BCUT2D eigenvalue weighted by Gasteiger charge is -2.14. The number of nitrogens with two attached hydrogens (primary N) is 1. The van der Waals surface area contributed by atoms with Gasteiger partial charge in [-0.15, -0.1) is 0 Å². The van der Waals surface area contributed by atoms with Crippen LogP contribution in [0.1, 0.15) is 26.3 Å². The van der Waals surface area contributed by atoms with Crippen molar-refractivity contribution in [2.75, 3.05) is 0 Å². The molecule has 0 aliphatic rings. The van der Waals surface area contributed by atoms with Gasteiger partial charge in [0.1, 0.15) is 5.84 Å². The highest BCUT2D eigenvalue weighted by Crippen LogP contribution is 2.15. The van der Waals surface area contributed by atoms with Crippen LogP contribution in [0.15, 0.2) is 23.5 Å². The van der Waals surface area contributed by atoms with Crippen molar-refractivity contribution in [1.29, 1.82) is 0 Å². The first kappa shape index (κ1) is 11.0. The van der Waals surface area contributed by atoms with Crippen LogP contribution in [-0.4, -0.2) is 16.4 Å². The van der Waals surface area contributed by atoms with Crippen LogP contribution in [0.4, 0.5) is 0 Å². The van der Waals surface area contributed by atoms with Gasteiger partial charge in [-0.1, -0.05) is 11.6 Å². The van der Waals surface area contributed by atoms with Gasteiger partial charge in [0.2, 0.25) is 0 Å². The van der Waals surface area contributed by atoms with Gasteiger partial charge in [-0.05, 0) is 26.8 Å². The van der Waals surface area contributed by atoms with E-state index in [4.69, 9.17) is 17.3 Å². The minimum atomic E-state index is -0.198. The molecule has 1 aromatic heterocycles. The largest absolute Gasteiger partial charge is 0.383 e. The number of pyridine rings is 1. The average molecular weight is 212 g/mol. The van der Waals surface area contributed by atoms with Gasteiger partial charge in [0.15, 0.2) is 0 Å². The van der Waals surface area contributed by atoms with Crippen LogP contribution >= 0.6 is 11.6 Å². The molecule has 0 bridgehead atoms. The second kappa shape index (κ2) is 3.96. The number of halogens is 1. The standard InChI is InChI=1S/C10H14ClN3/c1-10(2,3)14-9(12)7-4-5-13-6-8(7)11/h4-6H,1-3H3,(H2,12,14). The summed E-state index contributed by atoms with van der Waals surface area (Å²) in [6.07, 6.45) is 3.20. The van der Waals surface area contributed by atoms with Crippen LogP contribution in [0.2, 0.25) is 5.02 Å². The lowest BCUT2D eigenvalue weighted by molar-refractivity contribution is 0.583. The van der Waals surface area contributed by atoms with Gasteiger partial charge >= 0.3 is 0 Å². The van der Waals surface area contributed by atoms with Gasteiger partial charge in [-0.25, -0.2) is 0 Å². The first-order valence-electron chi connectivity index (χ1n) is 4.35. The zero-order valence-electron chi connectivity index (χ0n) is 8.58. The Balaban J connectivity index is 3.07. The Hall–Kier alpha value is -1.09. The van der Waals surface area contributed by atoms with Gasteiger partial charge in [0.05, 0.1) is 10.6 Å². The molecule has 0 radical (unpaired) electrons. The van der Waals surface area contributed by atoms with E-state index in [1.165, 1.54) is 0 Å². The number of nitrogens with zero attached hydrogens (tertiary/aromatic N) is 2. The molecule has 76 valence electrons. The highest BCUT2D eigenvalue weighted by molar-refractivity contribution is 6.33. The number of amidine groups is 1. The third-order valence-corrected chi connectivity index (χ3v) is 1.81. The van der Waals surface area contributed by atoms with Crippen molar-refractivity contribution in [3.8, 4) is 0 Å². The minimum Gasteiger partial charge on any atom is -0.383 e. The molecule has 0 fully saturated rings. The van der Waals surface area contributed by atoms with Crippen molar-refractivity contribution >= 4 is 17.4 Å². The molecule has 0 aliphatic carbocycles. The smallest absolute Gasteiger partial charge is 0.127 e. The molecule has 0 aliphatic heterocycles. The van der Waals surface area contributed by atoms with Crippen molar-refractivity contribution in [3.05, 3.63) is 29.0 Å². The topological polar surface area (TPSA) is 51.3 Å².